The molecule has 0 fully saturated rings. The number of hydrogen-bond donors (Lipinski definition) is 1. The van der Waals surface area contributed by atoms with Gasteiger partial charge in [0.15, 0.2) is 0 Å². The lowest BCUT2D eigenvalue weighted by Crippen LogP contribution is -2.00. The van der Waals surface area contributed by atoms with Crippen molar-refractivity contribution in [2.75, 3.05) is 0 Å². The average molecular weight is 288 g/mol. The van der Waals surface area contributed by atoms with E-state index in [4.69, 9.17) is 5.26 Å². The molecular formula is HIO8S. The van der Waals surface area contributed by atoms with Crippen LogP contribution in [0.5, 0.6) is 0 Å². The predicted molar refractivity (Wildman–Crippen MR) is 31.0 cm³/mol. The van der Waals surface area contributed by atoms with Gasteiger partial charge in [-0.2, -0.15) is 8.42 Å². The third-order valence-electron chi connectivity index (χ3n) is 0.195. The largest absolute Gasteiger partial charge is 0.349 e. The first kappa shape index (κ1) is 10.4. The molecule has 0 spiro atoms. The maximum absolute atomic E-state index is 9.99. The van der Waals surface area contributed by atoms with Crippen molar-refractivity contribution in [3.63, 3.8) is 0 Å². The summed E-state index contributed by atoms with van der Waals surface area (Å²) in [6.45, 7) is 0. The molecule has 0 saturated heterocycles. The van der Waals surface area contributed by atoms with E-state index >= 15 is 0 Å². The Morgan fingerprint density at radius 3 is 2.20 bits per heavy atom. The SMILES string of the molecule is O=S(=O)(I)OOOOOO. The van der Waals surface area contributed by atoms with E-state index in [0.717, 1.165) is 21.2 Å². The van der Waals surface area contributed by atoms with Crippen LogP contribution in [0, 0.1) is 0 Å². The fourth-order valence-electron chi connectivity index (χ4n) is 0.0683. The third kappa shape index (κ3) is 8.44. The molecule has 10 heavy (non-hydrogen) atoms. The summed E-state index contributed by atoms with van der Waals surface area (Å²) in [5.41, 5.74) is 0. The zero-order valence-corrected chi connectivity index (χ0v) is 7.07. The van der Waals surface area contributed by atoms with Gasteiger partial charge in [0.1, 0.15) is 21.2 Å². The summed E-state index contributed by atoms with van der Waals surface area (Å²) < 4.78 is 23.4. The molecule has 0 aliphatic heterocycles. The molecule has 0 aromatic heterocycles. The van der Waals surface area contributed by atoms with E-state index in [1.807, 2.05) is 0 Å². The zero-order chi connectivity index (χ0) is 8.04. The van der Waals surface area contributed by atoms with Crippen LogP contribution >= 0.6 is 21.2 Å². The molecule has 0 heterocycles. The highest BCUT2D eigenvalue weighted by Gasteiger charge is 2.05. The van der Waals surface area contributed by atoms with E-state index in [-0.39, 0.29) is 0 Å². The molecule has 0 aliphatic carbocycles. The van der Waals surface area contributed by atoms with Crippen molar-refractivity contribution in [2.24, 2.45) is 0 Å². The van der Waals surface area contributed by atoms with E-state index in [1.54, 1.807) is 0 Å². The number of halogens is 1. The van der Waals surface area contributed by atoms with Gasteiger partial charge < -0.3 is 0 Å². The van der Waals surface area contributed by atoms with Crippen molar-refractivity contribution in [3.05, 3.63) is 0 Å². The van der Waals surface area contributed by atoms with Crippen LogP contribution in [0.15, 0.2) is 0 Å². The summed E-state index contributed by atoms with van der Waals surface area (Å²) in [4.78, 5) is 0. The normalized spacial score (nSPS) is 11.8. The van der Waals surface area contributed by atoms with Gasteiger partial charge in [-0.25, -0.2) is 5.26 Å². The summed E-state index contributed by atoms with van der Waals surface area (Å²) >= 11 is 0.914. The minimum atomic E-state index is -3.80. The van der Waals surface area contributed by atoms with E-state index in [0.29, 0.717) is 0 Å². The van der Waals surface area contributed by atoms with Gasteiger partial charge in [-0.15, -0.1) is 0 Å². The molecule has 0 atom stereocenters. The molecule has 0 saturated carbocycles. The van der Waals surface area contributed by atoms with Gasteiger partial charge in [0.25, 0.3) is 0 Å². The Morgan fingerprint density at radius 1 is 1.20 bits per heavy atom. The monoisotopic (exact) mass is 288 g/mol. The topological polar surface area (TPSA) is 101 Å². The molecule has 0 aromatic rings. The first-order chi connectivity index (χ1) is 4.56. The lowest BCUT2D eigenvalue weighted by molar-refractivity contribution is -0.740. The molecule has 0 aromatic carbocycles. The lowest BCUT2D eigenvalue weighted by Gasteiger charge is -1.93. The van der Waals surface area contributed by atoms with E-state index < -0.39 is 7.29 Å². The van der Waals surface area contributed by atoms with Gasteiger partial charge in [-0.3, -0.25) is 0 Å². The summed E-state index contributed by atoms with van der Waals surface area (Å²) in [7, 11) is -3.80. The van der Waals surface area contributed by atoms with Crippen molar-refractivity contribution in [1.82, 2.24) is 0 Å². The van der Waals surface area contributed by atoms with Crippen molar-refractivity contribution >= 4 is 28.5 Å². The Labute approximate surface area is 66.9 Å². The molecule has 0 rings (SSSR count). The highest BCUT2D eigenvalue weighted by atomic mass is 127. The molecule has 0 aliphatic rings. The van der Waals surface area contributed by atoms with Crippen molar-refractivity contribution < 1.29 is 38.2 Å². The van der Waals surface area contributed by atoms with Crippen LogP contribution in [-0.2, 0) is 31.8 Å². The fraction of sp³-hybridized carbons (Fsp3) is 0. The molecule has 0 unspecified atom stereocenters. The second kappa shape index (κ2) is 5.14. The molecular weight excluding hydrogens is 287 g/mol. The summed E-state index contributed by atoms with van der Waals surface area (Å²) in [5.74, 6) is 0. The first-order valence-electron chi connectivity index (χ1n) is 1.50. The van der Waals surface area contributed by atoms with Crippen LogP contribution in [0.2, 0.25) is 0 Å². The average Bonchev–Trinajstić information content (AvgIpc) is 1.78. The maximum Gasteiger partial charge on any atom is 0.349 e. The Morgan fingerprint density at radius 2 is 1.80 bits per heavy atom. The standard InChI is InChI=1S/HIO8S/c1-10(3,4)9-8-7-6-5-2/h2H. The van der Waals surface area contributed by atoms with Gasteiger partial charge in [0.2, 0.25) is 0 Å². The Balaban J connectivity index is 3.21. The minimum Gasteiger partial charge on any atom is -0.219 e. The fourth-order valence-corrected chi connectivity index (χ4v) is 0.337. The summed E-state index contributed by atoms with van der Waals surface area (Å²) in [6, 6.07) is 0. The van der Waals surface area contributed by atoms with E-state index in [9.17, 15) is 8.42 Å². The smallest absolute Gasteiger partial charge is 0.219 e. The lowest BCUT2D eigenvalue weighted by atomic mass is 14.2. The second-order valence-electron chi connectivity index (χ2n) is 0.740. The third-order valence-corrected chi connectivity index (χ3v) is 0.854. The number of hydrogen-bond acceptors (Lipinski definition) is 8. The van der Waals surface area contributed by atoms with Gasteiger partial charge in [0.05, 0.1) is 0 Å². The van der Waals surface area contributed by atoms with E-state index in [1.165, 1.54) is 0 Å². The molecule has 1 N–H and O–H groups in total. The van der Waals surface area contributed by atoms with Crippen LogP contribution in [0.3, 0.4) is 0 Å². The van der Waals surface area contributed by atoms with Gasteiger partial charge in [-0.05, 0) is 20.2 Å². The summed E-state index contributed by atoms with van der Waals surface area (Å²) in [6.07, 6.45) is 0. The van der Waals surface area contributed by atoms with Crippen molar-refractivity contribution in [1.29, 1.82) is 0 Å². The van der Waals surface area contributed by atoms with Crippen LogP contribution in [-0.4, -0.2) is 13.7 Å². The highest BCUT2D eigenvalue weighted by molar-refractivity contribution is 14.2. The van der Waals surface area contributed by atoms with Crippen LogP contribution in [0.4, 0.5) is 0 Å². The molecule has 10 heteroatoms. The Kier molecular flexibility index (Phi) is 5.36. The Bertz CT molecular complexity index is 156. The van der Waals surface area contributed by atoms with Gasteiger partial charge in [0, 0.05) is 0 Å². The Hall–Kier alpha value is 0.440. The number of rotatable bonds is 5. The molecule has 0 radical (unpaired) electrons. The highest BCUT2D eigenvalue weighted by Crippen LogP contribution is 2.03. The van der Waals surface area contributed by atoms with Crippen molar-refractivity contribution in [2.45, 2.75) is 0 Å². The van der Waals surface area contributed by atoms with Gasteiger partial charge >= 0.3 is 7.29 Å². The molecule has 0 bridgehead atoms. The van der Waals surface area contributed by atoms with Gasteiger partial charge in [-0.1, -0.05) is 4.33 Å². The van der Waals surface area contributed by atoms with Crippen LogP contribution < -0.4 is 0 Å². The predicted octanol–water partition coefficient (Wildman–Crippen LogP) is -0.118. The molecule has 0 amide bonds. The maximum atomic E-state index is 9.99. The second-order valence-corrected chi connectivity index (χ2v) is 4.90. The quantitative estimate of drug-likeness (QED) is 0.246. The van der Waals surface area contributed by atoms with Crippen LogP contribution in [0.25, 0.3) is 0 Å². The molecule has 8 nitrogen and oxygen atoms in total. The van der Waals surface area contributed by atoms with Crippen molar-refractivity contribution in [3.8, 4) is 0 Å². The molecule has 62 valence electrons. The first-order valence-corrected chi connectivity index (χ1v) is 5.45. The zero-order valence-electron chi connectivity index (χ0n) is 4.09. The summed E-state index contributed by atoms with van der Waals surface area (Å²) in [5, 5.41) is 20.0. The van der Waals surface area contributed by atoms with Crippen LogP contribution in [0.1, 0.15) is 0 Å². The van der Waals surface area contributed by atoms with E-state index in [2.05, 4.69) is 24.5 Å². The minimum absolute atomic E-state index is 0.914.